The van der Waals surface area contributed by atoms with E-state index in [1.165, 1.54) is 45.7 Å². The smallest absolute Gasteiger partial charge is 0.319 e. The molecule has 7 heterocycles. The van der Waals surface area contributed by atoms with Crippen molar-refractivity contribution < 1.29 is 31.8 Å². The van der Waals surface area contributed by atoms with Gasteiger partial charge in [0.15, 0.2) is 23.3 Å². The van der Waals surface area contributed by atoms with Crippen LogP contribution < -0.4 is 19.3 Å². The summed E-state index contributed by atoms with van der Waals surface area (Å²) in [6.45, 7) is 9.15. The third-order valence-electron chi connectivity index (χ3n) is 10.2. The Morgan fingerprint density at radius 1 is 1.15 bits per heavy atom. The van der Waals surface area contributed by atoms with Gasteiger partial charge in [0, 0.05) is 56.4 Å². The lowest BCUT2D eigenvalue weighted by Gasteiger charge is -2.40. The molecule has 0 saturated carbocycles. The van der Waals surface area contributed by atoms with Gasteiger partial charge in [-0.25, -0.2) is 34.1 Å². The van der Waals surface area contributed by atoms with Gasteiger partial charge in [-0.05, 0) is 31.5 Å². The summed E-state index contributed by atoms with van der Waals surface area (Å²) in [5.41, 5.74) is -0.619. The molecule has 1 aromatic carbocycles. The Morgan fingerprint density at radius 2 is 2.04 bits per heavy atom. The highest BCUT2D eigenvalue weighted by atomic mass is 32.1. The number of aromatic nitrogens is 4. The predicted octanol–water partition coefficient (Wildman–Crippen LogP) is 5.19. The number of carbonyl (C=O) groups excluding carboxylic acids is 1. The van der Waals surface area contributed by atoms with Crippen LogP contribution in [0.15, 0.2) is 41.8 Å². The molecule has 4 aliphatic rings. The number of benzene rings is 1. The third kappa shape index (κ3) is 6.13. The summed E-state index contributed by atoms with van der Waals surface area (Å²) in [6, 6.07) is 3.48. The minimum absolute atomic E-state index is 0.0353. The van der Waals surface area contributed by atoms with Gasteiger partial charge in [0.2, 0.25) is 6.54 Å². The van der Waals surface area contributed by atoms with Crippen molar-refractivity contribution in [1.29, 1.82) is 0 Å². The van der Waals surface area contributed by atoms with E-state index in [1.807, 2.05) is 0 Å². The number of rotatable bonds is 8. The molecule has 3 fully saturated rings. The summed E-state index contributed by atoms with van der Waals surface area (Å²) < 4.78 is 73.4. The lowest BCUT2D eigenvalue weighted by Crippen LogP contribution is -2.56. The first kappa shape index (κ1) is 34.0. The number of hydrogen-bond donors (Lipinski definition) is 0. The van der Waals surface area contributed by atoms with E-state index < -0.39 is 41.1 Å². The third-order valence-corrected chi connectivity index (χ3v) is 10.9. The van der Waals surface area contributed by atoms with Crippen LogP contribution in [0.2, 0.25) is 0 Å². The normalized spacial score (nSPS) is 23.4. The van der Waals surface area contributed by atoms with Gasteiger partial charge in [0.25, 0.3) is 5.91 Å². The van der Waals surface area contributed by atoms with E-state index in [4.69, 9.17) is 21.0 Å². The Labute approximate surface area is 300 Å². The van der Waals surface area contributed by atoms with Crippen molar-refractivity contribution in [2.75, 3.05) is 68.8 Å². The van der Waals surface area contributed by atoms with Crippen molar-refractivity contribution in [2.24, 2.45) is 0 Å². The largest absolute Gasteiger partial charge is 0.489 e. The lowest BCUT2D eigenvalue weighted by molar-refractivity contribution is -0.130. The maximum Gasteiger partial charge on any atom is 0.319 e. The number of carbonyl (C=O) groups is 1. The minimum Gasteiger partial charge on any atom is -0.489 e. The van der Waals surface area contributed by atoms with E-state index in [-0.39, 0.29) is 85.9 Å². The molecule has 0 aliphatic carbocycles. The Morgan fingerprint density at radius 3 is 2.87 bits per heavy atom. The molecule has 8 rings (SSSR count). The number of ether oxygens (including phenoxy) is 2. The fourth-order valence-electron chi connectivity index (χ4n) is 7.79. The van der Waals surface area contributed by atoms with Crippen LogP contribution in [-0.2, 0) is 4.79 Å². The monoisotopic (exact) mass is 735 g/mol. The van der Waals surface area contributed by atoms with Crippen LogP contribution in [0.3, 0.4) is 0 Å². The molecule has 0 spiro atoms. The number of fused-ring (bicyclic) bond motifs is 3. The summed E-state index contributed by atoms with van der Waals surface area (Å²) >= 11 is 1.18. The number of hydrogen-bond acceptors (Lipinski definition) is 11. The van der Waals surface area contributed by atoms with Gasteiger partial charge < -0.3 is 29.0 Å². The molecule has 270 valence electrons. The molecule has 3 saturated heterocycles. The molecule has 4 aliphatic heterocycles. The Kier molecular flexibility index (Phi) is 9.04. The lowest BCUT2D eigenvalue weighted by atomic mass is 9.95. The number of halogens is 4. The molecular weight excluding hydrogens is 703 g/mol. The van der Waals surface area contributed by atoms with E-state index >= 15 is 13.2 Å². The predicted molar refractivity (Wildman–Crippen MR) is 185 cm³/mol. The van der Waals surface area contributed by atoms with Crippen molar-refractivity contribution in [3.8, 4) is 11.8 Å². The van der Waals surface area contributed by atoms with Gasteiger partial charge >= 0.3 is 6.01 Å². The summed E-state index contributed by atoms with van der Waals surface area (Å²) in [4.78, 5) is 41.0. The van der Waals surface area contributed by atoms with Gasteiger partial charge in [-0.3, -0.25) is 9.69 Å². The second-order valence-electron chi connectivity index (χ2n) is 13.2. The summed E-state index contributed by atoms with van der Waals surface area (Å²) in [6.07, 6.45) is 4.93. The number of piperazine rings is 1. The summed E-state index contributed by atoms with van der Waals surface area (Å²) in [5, 5.41) is 2.22. The summed E-state index contributed by atoms with van der Waals surface area (Å²) in [5.74, 6) is -2.98. The number of thiazole rings is 1. The molecule has 1 amide bonds. The zero-order valence-corrected chi connectivity index (χ0v) is 28.7. The number of alkyl halides is 1. The Hall–Kier alpha value is -5.08. The Bertz CT molecular complexity index is 2080. The van der Waals surface area contributed by atoms with Crippen LogP contribution in [0.1, 0.15) is 24.3 Å². The van der Waals surface area contributed by atoms with E-state index in [1.54, 1.807) is 16.3 Å². The van der Waals surface area contributed by atoms with Crippen molar-refractivity contribution in [1.82, 2.24) is 29.7 Å². The van der Waals surface area contributed by atoms with Gasteiger partial charge in [0.1, 0.15) is 53.2 Å². The first-order chi connectivity index (χ1) is 25.2. The van der Waals surface area contributed by atoms with Crippen LogP contribution in [0.4, 0.5) is 34.9 Å². The molecule has 17 heteroatoms. The van der Waals surface area contributed by atoms with Crippen molar-refractivity contribution >= 4 is 51.5 Å². The fourth-order valence-corrected chi connectivity index (χ4v) is 8.34. The van der Waals surface area contributed by atoms with E-state index in [2.05, 4.69) is 24.7 Å². The molecular formula is C35H33F4N9O3S. The van der Waals surface area contributed by atoms with Gasteiger partial charge in [0.05, 0.1) is 17.5 Å². The zero-order chi connectivity index (χ0) is 36.0. The number of nitrogens with zero attached hydrogens (tertiary/aromatic N) is 9. The molecule has 3 atom stereocenters. The van der Waals surface area contributed by atoms with Crippen molar-refractivity contribution in [3.05, 3.63) is 69.9 Å². The van der Waals surface area contributed by atoms with Gasteiger partial charge in [-0.1, -0.05) is 6.07 Å². The SMILES string of the molecule is [C-]#[N+]C[C@H]1CN(c2nc(OC[C@@]34CCCN3C[C@H](F)C4)nc3c(F)c(N4CCOc5cccc(F)c54)ncc23)CCN1C(=O)/C(F)=C/c1nccs1. The van der Waals surface area contributed by atoms with Crippen LogP contribution in [-0.4, -0.2) is 112 Å². The average molecular weight is 736 g/mol. The number of amides is 1. The number of para-hydroxylation sites is 1. The van der Waals surface area contributed by atoms with Crippen LogP contribution >= 0.6 is 11.3 Å². The maximum atomic E-state index is 16.8. The van der Waals surface area contributed by atoms with Gasteiger partial charge in [-0.15, -0.1) is 11.3 Å². The second-order valence-corrected chi connectivity index (χ2v) is 14.2. The summed E-state index contributed by atoms with van der Waals surface area (Å²) in [7, 11) is 0. The molecule has 0 bridgehead atoms. The van der Waals surface area contributed by atoms with Crippen LogP contribution in [0, 0.1) is 18.2 Å². The topological polar surface area (TPSA) is 104 Å². The van der Waals surface area contributed by atoms with E-state index in [0.29, 0.717) is 18.0 Å². The van der Waals surface area contributed by atoms with Crippen molar-refractivity contribution in [3.63, 3.8) is 0 Å². The van der Waals surface area contributed by atoms with Crippen LogP contribution in [0.25, 0.3) is 21.8 Å². The molecule has 52 heavy (non-hydrogen) atoms. The van der Waals surface area contributed by atoms with E-state index in [0.717, 1.165) is 25.5 Å². The molecule has 4 aromatic rings. The molecule has 12 nitrogen and oxygen atoms in total. The maximum absolute atomic E-state index is 16.8. The second kappa shape index (κ2) is 13.8. The van der Waals surface area contributed by atoms with E-state index in [9.17, 15) is 9.18 Å². The number of pyridine rings is 1. The minimum atomic E-state index is -0.996. The fraction of sp³-hybridized carbons (Fsp3) is 0.429. The molecule has 0 N–H and O–H groups in total. The highest BCUT2D eigenvalue weighted by molar-refractivity contribution is 7.10. The van der Waals surface area contributed by atoms with Gasteiger partial charge in [-0.2, -0.15) is 9.97 Å². The first-order valence-electron chi connectivity index (χ1n) is 17.0. The number of anilines is 3. The molecule has 3 aromatic heterocycles. The molecule has 0 radical (unpaired) electrons. The average Bonchev–Trinajstić information content (AvgIpc) is 3.87. The standard InChI is InChI=1S/C35H33F4N9O3S/c1-40-16-22-19-45(9-10-47(22)33(49)25(38)14-27-41-7-13-52-27)31-23-17-42-32(48-11-12-50-26-5-2-4-24(37)30(26)48)28(39)29(23)43-34(44-31)51-20-35-6-3-8-46(35)18-21(36)15-35/h2,4-5,7,13-14,17,21-22H,3,6,8-12,15-16,18-20H2/b25-14-/t21-,22+,35+/m1/s1. The van der Waals surface area contributed by atoms with Crippen LogP contribution in [0.5, 0.6) is 11.8 Å². The molecule has 0 unspecified atom stereocenters. The first-order valence-corrected chi connectivity index (χ1v) is 17.9. The zero-order valence-electron chi connectivity index (χ0n) is 27.9. The quantitative estimate of drug-likeness (QED) is 0.137. The Balaban J connectivity index is 1.16. The highest BCUT2D eigenvalue weighted by Gasteiger charge is 2.49. The van der Waals surface area contributed by atoms with Crippen molar-refractivity contribution in [2.45, 2.75) is 37.0 Å². The highest BCUT2D eigenvalue weighted by Crippen LogP contribution is 2.42.